The molecule has 19 heavy (non-hydrogen) atoms. The van der Waals surface area contributed by atoms with E-state index in [0.29, 0.717) is 6.54 Å². The summed E-state index contributed by atoms with van der Waals surface area (Å²) in [4.78, 5) is 0. The zero-order chi connectivity index (χ0) is 13.2. The van der Waals surface area contributed by atoms with E-state index >= 15 is 0 Å². The molecule has 0 saturated carbocycles. The van der Waals surface area contributed by atoms with Crippen molar-refractivity contribution in [1.82, 2.24) is 14.6 Å². The van der Waals surface area contributed by atoms with Gasteiger partial charge in [0.05, 0.1) is 0 Å². The van der Waals surface area contributed by atoms with Gasteiger partial charge in [-0.3, -0.25) is 4.40 Å². The average Bonchev–Trinajstić information content (AvgIpc) is 2.81. The summed E-state index contributed by atoms with van der Waals surface area (Å²) in [5.74, 6) is 0.948. The lowest BCUT2D eigenvalue weighted by molar-refractivity contribution is 0.931. The first-order valence-corrected chi connectivity index (χ1v) is 6.34. The molecule has 4 heteroatoms. The van der Waals surface area contributed by atoms with Gasteiger partial charge < -0.3 is 5.73 Å². The first-order valence-electron chi connectivity index (χ1n) is 6.34. The molecule has 96 valence electrons. The minimum atomic E-state index is 0.524. The molecule has 2 aromatic heterocycles. The van der Waals surface area contributed by atoms with E-state index in [9.17, 15) is 0 Å². The van der Waals surface area contributed by atoms with E-state index in [4.69, 9.17) is 5.73 Å². The highest BCUT2D eigenvalue weighted by Crippen LogP contribution is 2.12. The molecule has 0 fully saturated rings. The molecule has 0 atom stereocenters. The zero-order valence-electron chi connectivity index (χ0n) is 10.9. The quantitative estimate of drug-likeness (QED) is 0.776. The van der Waals surface area contributed by atoms with Gasteiger partial charge in [0.25, 0.3) is 0 Å². The van der Waals surface area contributed by atoms with Crippen LogP contribution >= 0.6 is 0 Å². The number of rotatable bonds is 3. The zero-order valence-corrected chi connectivity index (χ0v) is 10.9. The third kappa shape index (κ3) is 2.35. The Bertz CT molecular complexity index is 715. The Kier molecular flexibility index (Phi) is 3.01. The van der Waals surface area contributed by atoms with Crippen LogP contribution in [0.4, 0.5) is 0 Å². The summed E-state index contributed by atoms with van der Waals surface area (Å²) < 4.78 is 2.02. The van der Waals surface area contributed by atoms with Crippen LogP contribution in [0.5, 0.6) is 0 Å². The fourth-order valence-corrected chi connectivity index (χ4v) is 2.23. The van der Waals surface area contributed by atoms with Crippen molar-refractivity contribution in [2.24, 2.45) is 5.73 Å². The monoisotopic (exact) mass is 252 g/mol. The Labute approximate surface area is 111 Å². The van der Waals surface area contributed by atoms with Crippen molar-refractivity contribution in [2.75, 3.05) is 0 Å². The van der Waals surface area contributed by atoms with Crippen LogP contribution in [-0.4, -0.2) is 14.6 Å². The maximum atomic E-state index is 5.63. The molecule has 0 aliphatic heterocycles. The summed E-state index contributed by atoms with van der Waals surface area (Å²) in [6.45, 7) is 2.62. The largest absolute Gasteiger partial charge is 0.326 e. The molecule has 0 aliphatic rings. The number of nitrogens with zero attached hydrogens (tertiary/aromatic N) is 3. The van der Waals surface area contributed by atoms with Crippen molar-refractivity contribution < 1.29 is 0 Å². The number of fused-ring (bicyclic) bond motifs is 1. The summed E-state index contributed by atoms with van der Waals surface area (Å²) in [6.07, 6.45) is 2.77. The normalized spacial score (nSPS) is 11.1. The molecule has 0 bridgehead atoms. The number of aromatic nitrogens is 3. The molecule has 0 aliphatic carbocycles. The Hall–Kier alpha value is -2.20. The number of pyridine rings is 1. The van der Waals surface area contributed by atoms with Crippen molar-refractivity contribution in [3.8, 4) is 0 Å². The first-order chi connectivity index (χ1) is 9.26. The van der Waals surface area contributed by atoms with Crippen molar-refractivity contribution in [1.29, 1.82) is 0 Å². The lowest BCUT2D eigenvalue weighted by atomic mass is 10.1. The molecule has 4 nitrogen and oxygen atoms in total. The summed E-state index contributed by atoms with van der Waals surface area (Å²) >= 11 is 0. The van der Waals surface area contributed by atoms with E-state index in [1.54, 1.807) is 0 Å². The second-order valence-electron chi connectivity index (χ2n) is 4.75. The van der Waals surface area contributed by atoms with Gasteiger partial charge in [-0.2, -0.15) is 0 Å². The lowest BCUT2D eigenvalue weighted by Crippen LogP contribution is -1.99. The minimum Gasteiger partial charge on any atom is -0.326 e. The van der Waals surface area contributed by atoms with Gasteiger partial charge in [0.1, 0.15) is 5.82 Å². The van der Waals surface area contributed by atoms with Crippen LogP contribution in [-0.2, 0) is 13.0 Å². The molecule has 2 heterocycles. The molecule has 0 radical (unpaired) electrons. The molecule has 3 aromatic rings. The maximum absolute atomic E-state index is 5.63. The lowest BCUT2D eigenvalue weighted by Gasteiger charge is -2.03. The van der Waals surface area contributed by atoms with E-state index in [-0.39, 0.29) is 0 Å². The molecule has 0 saturated heterocycles. The van der Waals surface area contributed by atoms with Crippen LogP contribution < -0.4 is 5.73 Å². The Morgan fingerprint density at radius 2 is 2.00 bits per heavy atom. The highest BCUT2D eigenvalue weighted by atomic mass is 15.2. The van der Waals surface area contributed by atoms with Crippen molar-refractivity contribution in [3.05, 3.63) is 65.1 Å². The summed E-state index contributed by atoms with van der Waals surface area (Å²) in [7, 11) is 0. The van der Waals surface area contributed by atoms with E-state index in [1.807, 2.05) is 22.7 Å². The van der Waals surface area contributed by atoms with Gasteiger partial charge in [0.15, 0.2) is 5.65 Å². The topological polar surface area (TPSA) is 56.2 Å². The van der Waals surface area contributed by atoms with Gasteiger partial charge in [-0.1, -0.05) is 29.8 Å². The third-order valence-corrected chi connectivity index (χ3v) is 3.23. The molecule has 0 spiro atoms. The predicted octanol–water partition coefficient (Wildman–Crippen LogP) is 2.09. The maximum Gasteiger partial charge on any atom is 0.161 e. The fraction of sp³-hybridized carbons (Fsp3) is 0.200. The van der Waals surface area contributed by atoms with Crippen LogP contribution in [0.3, 0.4) is 0 Å². The van der Waals surface area contributed by atoms with Crippen molar-refractivity contribution in [3.63, 3.8) is 0 Å². The minimum absolute atomic E-state index is 0.524. The SMILES string of the molecule is Cc1cccc(Cc2nnc3cc(CN)ccn23)c1. The second kappa shape index (κ2) is 4.82. The highest BCUT2D eigenvalue weighted by molar-refractivity contribution is 5.41. The standard InChI is InChI=1S/C15H16N4/c1-11-3-2-4-12(7-11)8-14-17-18-15-9-13(10-16)5-6-19(14)15/h2-7,9H,8,10,16H2,1H3. The smallest absolute Gasteiger partial charge is 0.161 e. The van der Waals surface area contributed by atoms with E-state index in [1.165, 1.54) is 11.1 Å². The van der Waals surface area contributed by atoms with Gasteiger partial charge in [-0.25, -0.2) is 0 Å². The first kappa shape index (κ1) is 11.9. The van der Waals surface area contributed by atoms with Crippen LogP contribution in [0, 0.1) is 6.92 Å². The van der Waals surface area contributed by atoms with Crippen LogP contribution in [0.1, 0.15) is 22.5 Å². The predicted molar refractivity (Wildman–Crippen MR) is 74.9 cm³/mol. The number of aryl methyl sites for hydroxylation is 1. The van der Waals surface area contributed by atoms with Crippen LogP contribution in [0.2, 0.25) is 0 Å². The third-order valence-electron chi connectivity index (χ3n) is 3.23. The van der Waals surface area contributed by atoms with Gasteiger partial charge in [-0.05, 0) is 30.2 Å². The molecule has 1 aromatic carbocycles. The number of benzene rings is 1. The Balaban J connectivity index is 1.97. The molecular weight excluding hydrogens is 236 g/mol. The molecule has 0 amide bonds. The van der Waals surface area contributed by atoms with Crippen LogP contribution in [0.15, 0.2) is 42.6 Å². The van der Waals surface area contributed by atoms with Gasteiger partial charge in [0, 0.05) is 19.2 Å². The molecular formula is C15H16N4. The Morgan fingerprint density at radius 1 is 1.11 bits per heavy atom. The number of hydrogen-bond acceptors (Lipinski definition) is 3. The van der Waals surface area contributed by atoms with Crippen LogP contribution in [0.25, 0.3) is 5.65 Å². The summed E-state index contributed by atoms with van der Waals surface area (Å²) in [5, 5.41) is 8.47. The molecule has 3 rings (SSSR count). The van der Waals surface area contributed by atoms with Crippen molar-refractivity contribution >= 4 is 5.65 Å². The van der Waals surface area contributed by atoms with Gasteiger partial charge >= 0.3 is 0 Å². The second-order valence-corrected chi connectivity index (χ2v) is 4.75. The molecule has 2 N–H and O–H groups in total. The van der Waals surface area contributed by atoms with Gasteiger partial charge in [0.2, 0.25) is 0 Å². The number of nitrogens with two attached hydrogens (primary N) is 1. The number of hydrogen-bond donors (Lipinski definition) is 1. The van der Waals surface area contributed by atoms with Crippen molar-refractivity contribution in [2.45, 2.75) is 19.9 Å². The van der Waals surface area contributed by atoms with E-state index in [2.05, 4.69) is 41.4 Å². The summed E-state index contributed by atoms with van der Waals surface area (Å²) in [6, 6.07) is 12.4. The highest BCUT2D eigenvalue weighted by Gasteiger charge is 2.06. The molecule has 0 unspecified atom stereocenters. The average molecular weight is 252 g/mol. The van der Waals surface area contributed by atoms with E-state index in [0.717, 1.165) is 23.5 Å². The Morgan fingerprint density at radius 3 is 2.79 bits per heavy atom. The van der Waals surface area contributed by atoms with Gasteiger partial charge in [-0.15, -0.1) is 10.2 Å². The fourth-order valence-electron chi connectivity index (χ4n) is 2.23. The van der Waals surface area contributed by atoms with E-state index < -0.39 is 0 Å². The summed E-state index contributed by atoms with van der Waals surface area (Å²) in [5.41, 5.74) is 10.1.